The first kappa shape index (κ1) is 23.2. The van der Waals surface area contributed by atoms with Gasteiger partial charge in [-0.3, -0.25) is 24.1 Å². The average Bonchev–Trinajstić information content (AvgIpc) is 3.04. The van der Waals surface area contributed by atoms with Crippen molar-refractivity contribution < 1.29 is 38.2 Å². The molecule has 32 heavy (non-hydrogen) atoms. The molecule has 1 aliphatic heterocycles. The van der Waals surface area contributed by atoms with E-state index in [1.807, 2.05) is 0 Å². The van der Waals surface area contributed by atoms with E-state index >= 15 is 0 Å². The zero-order valence-corrected chi connectivity index (χ0v) is 18.1. The van der Waals surface area contributed by atoms with Crippen molar-refractivity contribution in [2.45, 2.75) is 26.3 Å². The summed E-state index contributed by atoms with van der Waals surface area (Å²) in [4.78, 5) is 64.6. The molecule has 170 valence electrons. The largest absolute Gasteiger partial charge is 0.467 e. The van der Waals surface area contributed by atoms with Crippen LogP contribution >= 0.6 is 0 Å². The minimum atomic E-state index is -1.30. The maximum Gasteiger partial charge on any atom is 0.329 e. The van der Waals surface area contributed by atoms with Gasteiger partial charge in [0.05, 0.1) is 43.3 Å². The number of carbonyl (C=O) groups is 5. The van der Waals surface area contributed by atoms with Gasteiger partial charge in [-0.1, -0.05) is 24.3 Å². The van der Waals surface area contributed by atoms with Gasteiger partial charge >= 0.3 is 17.9 Å². The first-order chi connectivity index (χ1) is 15.3. The standard InChI is InChI=1S/C23H25NO8/c1-4-31-21(27)16-11-10-13(12-17(16)22(28)32-5-2)18(23(29)30-3)24-19(25)14-8-6-7-9-15(14)20(24)26/h6-11,13,16-18H,4-5,12H2,1-3H3/t13-,16-,17-,18+/m0/s1. The van der Waals surface area contributed by atoms with Crippen LogP contribution in [0.25, 0.3) is 0 Å². The fraction of sp³-hybridized carbons (Fsp3) is 0.435. The smallest absolute Gasteiger partial charge is 0.329 e. The third-order valence-corrected chi connectivity index (χ3v) is 5.63. The van der Waals surface area contributed by atoms with Gasteiger partial charge in [0.1, 0.15) is 6.04 Å². The maximum atomic E-state index is 13.0. The highest BCUT2D eigenvalue weighted by molar-refractivity contribution is 6.22. The average molecular weight is 443 g/mol. The van der Waals surface area contributed by atoms with Crippen LogP contribution in [0.3, 0.4) is 0 Å². The maximum absolute atomic E-state index is 13.0. The predicted octanol–water partition coefficient (Wildman–Crippen LogP) is 1.76. The van der Waals surface area contributed by atoms with Gasteiger partial charge in [-0.05, 0) is 32.4 Å². The summed E-state index contributed by atoms with van der Waals surface area (Å²) in [5.74, 6) is -5.83. The van der Waals surface area contributed by atoms with Crippen molar-refractivity contribution in [2.24, 2.45) is 17.8 Å². The second kappa shape index (κ2) is 9.76. The number of ether oxygens (including phenoxy) is 3. The zero-order valence-electron chi connectivity index (χ0n) is 18.1. The summed E-state index contributed by atoms with van der Waals surface area (Å²) in [7, 11) is 1.16. The SMILES string of the molecule is CCOC(=O)[C@H]1C=C[C@H]([C@H](C(=O)OC)N2C(=O)c3ccccc3C2=O)C[C@@H]1C(=O)OCC. The van der Waals surface area contributed by atoms with Gasteiger partial charge in [0.15, 0.2) is 0 Å². The summed E-state index contributed by atoms with van der Waals surface area (Å²) in [5, 5.41) is 0. The van der Waals surface area contributed by atoms with Crippen LogP contribution in [0.4, 0.5) is 0 Å². The molecule has 2 aliphatic rings. The van der Waals surface area contributed by atoms with Gasteiger partial charge < -0.3 is 14.2 Å². The van der Waals surface area contributed by atoms with Gasteiger partial charge in [0, 0.05) is 5.92 Å². The Morgan fingerprint density at radius 2 is 1.53 bits per heavy atom. The molecule has 9 heteroatoms. The molecule has 0 radical (unpaired) electrons. The first-order valence-corrected chi connectivity index (χ1v) is 10.4. The summed E-state index contributed by atoms with van der Waals surface area (Å²) in [6.45, 7) is 3.55. The van der Waals surface area contributed by atoms with Crippen molar-refractivity contribution in [1.82, 2.24) is 4.90 Å². The molecule has 0 saturated carbocycles. The molecule has 2 amide bonds. The Morgan fingerprint density at radius 1 is 0.969 bits per heavy atom. The van der Waals surface area contributed by atoms with Crippen molar-refractivity contribution in [3.05, 3.63) is 47.5 Å². The molecule has 3 rings (SSSR count). The Morgan fingerprint density at radius 3 is 2.06 bits per heavy atom. The molecule has 0 N–H and O–H groups in total. The van der Waals surface area contributed by atoms with E-state index in [9.17, 15) is 24.0 Å². The van der Waals surface area contributed by atoms with E-state index in [2.05, 4.69) is 0 Å². The molecule has 0 aromatic heterocycles. The fourth-order valence-corrected chi connectivity index (χ4v) is 4.18. The number of imide groups is 1. The van der Waals surface area contributed by atoms with E-state index in [-0.39, 0.29) is 30.8 Å². The minimum Gasteiger partial charge on any atom is -0.467 e. The highest BCUT2D eigenvalue weighted by atomic mass is 16.5. The summed E-state index contributed by atoms with van der Waals surface area (Å²) >= 11 is 0. The lowest BCUT2D eigenvalue weighted by atomic mass is 9.76. The van der Waals surface area contributed by atoms with Crippen molar-refractivity contribution >= 4 is 29.7 Å². The van der Waals surface area contributed by atoms with Crippen LogP contribution in [0.2, 0.25) is 0 Å². The summed E-state index contributed by atoms with van der Waals surface area (Å²) in [6.07, 6.45) is 3.02. The third kappa shape index (κ3) is 4.15. The van der Waals surface area contributed by atoms with Crippen molar-refractivity contribution in [2.75, 3.05) is 20.3 Å². The molecule has 0 saturated heterocycles. The van der Waals surface area contributed by atoms with E-state index in [1.165, 1.54) is 18.2 Å². The highest BCUT2D eigenvalue weighted by Gasteiger charge is 2.49. The lowest BCUT2D eigenvalue weighted by molar-refractivity contribution is -0.160. The van der Waals surface area contributed by atoms with Crippen LogP contribution in [0.1, 0.15) is 41.0 Å². The van der Waals surface area contributed by atoms with E-state index in [1.54, 1.807) is 32.1 Å². The molecule has 1 aliphatic carbocycles. The fourth-order valence-electron chi connectivity index (χ4n) is 4.18. The zero-order chi connectivity index (χ0) is 23.4. The monoisotopic (exact) mass is 443 g/mol. The molecular formula is C23H25NO8. The van der Waals surface area contributed by atoms with Crippen LogP contribution in [-0.4, -0.2) is 61.0 Å². The quantitative estimate of drug-likeness (QED) is 0.271. The Kier molecular flexibility index (Phi) is 7.07. The number of carbonyl (C=O) groups excluding carboxylic acids is 5. The Balaban J connectivity index is 1.98. The lowest BCUT2D eigenvalue weighted by Gasteiger charge is -2.35. The number of methoxy groups -OCH3 is 1. The Labute approximate surface area is 185 Å². The molecule has 4 atom stereocenters. The van der Waals surface area contributed by atoms with Gasteiger partial charge in [0.25, 0.3) is 11.8 Å². The normalized spacial score (nSPS) is 22.8. The number of rotatable bonds is 7. The van der Waals surface area contributed by atoms with Gasteiger partial charge in [-0.2, -0.15) is 0 Å². The van der Waals surface area contributed by atoms with Crippen molar-refractivity contribution in [3.8, 4) is 0 Å². The third-order valence-electron chi connectivity index (χ3n) is 5.63. The second-order valence-corrected chi connectivity index (χ2v) is 7.41. The molecule has 9 nitrogen and oxygen atoms in total. The number of fused-ring (bicyclic) bond motifs is 1. The van der Waals surface area contributed by atoms with Gasteiger partial charge in [0.2, 0.25) is 0 Å². The summed E-state index contributed by atoms with van der Waals surface area (Å²) in [5.41, 5.74) is 0.384. The van der Waals surface area contributed by atoms with E-state index < -0.39 is 53.5 Å². The molecule has 0 fully saturated rings. The molecule has 0 unspecified atom stereocenters. The Hall–Kier alpha value is -3.49. The Bertz CT molecular complexity index is 933. The van der Waals surface area contributed by atoms with Crippen molar-refractivity contribution in [3.63, 3.8) is 0 Å². The number of hydrogen-bond acceptors (Lipinski definition) is 8. The molecular weight excluding hydrogens is 418 g/mol. The lowest BCUT2D eigenvalue weighted by Crippen LogP contribution is -2.51. The number of esters is 3. The van der Waals surface area contributed by atoms with Crippen molar-refractivity contribution in [1.29, 1.82) is 0 Å². The topological polar surface area (TPSA) is 116 Å². The van der Waals surface area contributed by atoms with E-state index in [0.29, 0.717) is 0 Å². The summed E-state index contributed by atoms with van der Waals surface area (Å²) < 4.78 is 15.1. The summed E-state index contributed by atoms with van der Waals surface area (Å²) in [6, 6.07) is 4.98. The molecule has 0 spiro atoms. The second-order valence-electron chi connectivity index (χ2n) is 7.41. The number of hydrogen-bond donors (Lipinski definition) is 0. The highest BCUT2D eigenvalue weighted by Crippen LogP contribution is 2.36. The molecule has 1 aromatic rings. The minimum absolute atomic E-state index is 0.00795. The number of benzene rings is 1. The van der Waals surface area contributed by atoms with Crippen LogP contribution < -0.4 is 0 Å². The molecule has 0 bridgehead atoms. The van der Waals surface area contributed by atoms with Crippen LogP contribution in [-0.2, 0) is 28.6 Å². The van der Waals surface area contributed by atoms with Crippen LogP contribution in [0.15, 0.2) is 36.4 Å². The number of amides is 2. The predicted molar refractivity (Wildman–Crippen MR) is 110 cm³/mol. The van der Waals surface area contributed by atoms with Crippen LogP contribution in [0.5, 0.6) is 0 Å². The number of nitrogens with zero attached hydrogens (tertiary/aromatic N) is 1. The van der Waals surface area contributed by atoms with Crippen LogP contribution in [0, 0.1) is 17.8 Å². The first-order valence-electron chi connectivity index (χ1n) is 10.4. The molecule has 1 aromatic carbocycles. The molecule has 1 heterocycles. The van der Waals surface area contributed by atoms with Gasteiger partial charge in [-0.25, -0.2) is 4.79 Å². The van der Waals surface area contributed by atoms with Gasteiger partial charge in [-0.15, -0.1) is 0 Å². The van der Waals surface area contributed by atoms with E-state index in [0.717, 1.165) is 12.0 Å². The van der Waals surface area contributed by atoms with E-state index in [4.69, 9.17) is 14.2 Å².